The molecule has 15 heavy (non-hydrogen) atoms. The van der Waals surface area contributed by atoms with Crippen LogP contribution in [-0.4, -0.2) is 5.11 Å². The van der Waals surface area contributed by atoms with Crippen molar-refractivity contribution in [3.05, 3.63) is 28.8 Å². The molecular weight excluding hydrogens is 212 g/mol. The molecular formula is C10H10F4O. The molecule has 1 N–H and O–H groups in total. The lowest BCUT2D eigenvalue weighted by atomic mass is 9.97. The van der Waals surface area contributed by atoms with Gasteiger partial charge in [-0.15, -0.1) is 0 Å². The van der Waals surface area contributed by atoms with Crippen LogP contribution in [0.25, 0.3) is 0 Å². The molecule has 0 aromatic heterocycles. The van der Waals surface area contributed by atoms with Crippen molar-refractivity contribution >= 4 is 0 Å². The minimum Gasteiger partial charge on any atom is -0.503 e. The van der Waals surface area contributed by atoms with Gasteiger partial charge >= 0.3 is 0 Å². The zero-order valence-corrected chi connectivity index (χ0v) is 8.24. The summed E-state index contributed by atoms with van der Waals surface area (Å²) in [6, 6.07) is 0. The van der Waals surface area contributed by atoms with Gasteiger partial charge in [0, 0.05) is 5.56 Å². The van der Waals surface area contributed by atoms with Crippen LogP contribution < -0.4 is 0 Å². The van der Waals surface area contributed by atoms with Crippen molar-refractivity contribution in [2.75, 3.05) is 0 Å². The Hall–Kier alpha value is -1.26. The summed E-state index contributed by atoms with van der Waals surface area (Å²) < 4.78 is 52.2. The molecule has 1 unspecified atom stereocenters. The highest BCUT2D eigenvalue weighted by Crippen LogP contribution is 2.33. The molecule has 1 aromatic carbocycles. The fraction of sp³-hybridized carbons (Fsp3) is 0.400. The van der Waals surface area contributed by atoms with Crippen LogP contribution in [0.5, 0.6) is 5.75 Å². The number of phenols is 1. The van der Waals surface area contributed by atoms with E-state index in [4.69, 9.17) is 5.11 Å². The van der Waals surface area contributed by atoms with Gasteiger partial charge in [0.15, 0.2) is 17.4 Å². The smallest absolute Gasteiger partial charge is 0.203 e. The summed E-state index contributed by atoms with van der Waals surface area (Å²) in [4.78, 5) is 0. The number of aromatic hydroxyl groups is 1. The average Bonchev–Trinajstić information content (AvgIpc) is 2.23. The van der Waals surface area contributed by atoms with E-state index in [-0.39, 0.29) is 0 Å². The van der Waals surface area contributed by atoms with E-state index in [1.807, 2.05) is 0 Å². The summed E-state index contributed by atoms with van der Waals surface area (Å²) in [5.74, 6) is -8.82. The lowest BCUT2D eigenvalue weighted by molar-refractivity contribution is 0.347. The number of rotatable bonds is 2. The second kappa shape index (κ2) is 4.08. The van der Waals surface area contributed by atoms with Crippen molar-refractivity contribution in [1.29, 1.82) is 0 Å². The van der Waals surface area contributed by atoms with E-state index in [9.17, 15) is 17.6 Å². The van der Waals surface area contributed by atoms with Crippen LogP contribution in [0.15, 0.2) is 0 Å². The van der Waals surface area contributed by atoms with Gasteiger partial charge in [-0.1, -0.05) is 13.8 Å². The normalized spacial score (nSPS) is 12.9. The molecule has 0 amide bonds. The van der Waals surface area contributed by atoms with Crippen molar-refractivity contribution in [3.63, 3.8) is 0 Å². The van der Waals surface area contributed by atoms with Crippen LogP contribution in [0, 0.1) is 23.3 Å². The fourth-order valence-electron chi connectivity index (χ4n) is 1.27. The van der Waals surface area contributed by atoms with Crippen LogP contribution in [0.2, 0.25) is 0 Å². The maximum absolute atomic E-state index is 13.2. The molecule has 0 aliphatic carbocycles. The summed E-state index contributed by atoms with van der Waals surface area (Å²) in [6.45, 7) is 3.07. The highest BCUT2D eigenvalue weighted by molar-refractivity contribution is 5.35. The van der Waals surface area contributed by atoms with Crippen molar-refractivity contribution < 1.29 is 22.7 Å². The van der Waals surface area contributed by atoms with E-state index < -0.39 is 40.5 Å². The van der Waals surface area contributed by atoms with Crippen LogP contribution in [0.1, 0.15) is 31.7 Å². The molecule has 5 heteroatoms. The van der Waals surface area contributed by atoms with Crippen LogP contribution in [0.4, 0.5) is 17.6 Å². The van der Waals surface area contributed by atoms with Crippen molar-refractivity contribution in [3.8, 4) is 5.75 Å². The largest absolute Gasteiger partial charge is 0.503 e. The molecule has 0 saturated carbocycles. The van der Waals surface area contributed by atoms with Gasteiger partial charge < -0.3 is 5.11 Å². The highest BCUT2D eigenvalue weighted by atomic mass is 19.2. The maximum Gasteiger partial charge on any atom is 0.203 e. The second-order valence-electron chi connectivity index (χ2n) is 3.33. The van der Waals surface area contributed by atoms with Crippen molar-refractivity contribution in [1.82, 2.24) is 0 Å². The van der Waals surface area contributed by atoms with Gasteiger partial charge in [-0.2, -0.15) is 8.78 Å². The van der Waals surface area contributed by atoms with Crippen LogP contribution >= 0.6 is 0 Å². The monoisotopic (exact) mass is 222 g/mol. The van der Waals surface area contributed by atoms with Gasteiger partial charge in [0.1, 0.15) is 0 Å². The Kier molecular flexibility index (Phi) is 3.21. The third-order valence-electron chi connectivity index (χ3n) is 2.38. The molecule has 1 atom stereocenters. The Balaban J connectivity index is 3.52. The summed E-state index contributed by atoms with van der Waals surface area (Å²) in [5, 5.41) is 8.72. The average molecular weight is 222 g/mol. The van der Waals surface area contributed by atoms with E-state index in [1.54, 1.807) is 6.92 Å². The Labute approximate surface area is 84.3 Å². The summed E-state index contributed by atoms with van der Waals surface area (Å²) in [5.41, 5.74) is -0.662. The molecule has 0 spiro atoms. The van der Waals surface area contributed by atoms with E-state index in [0.717, 1.165) is 0 Å². The Bertz CT molecular complexity index is 360. The Morgan fingerprint density at radius 3 is 1.73 bits per heavy atom. The molecule has 0 radical (unpaired) electrons. The highest BCUT2D eigenvalue weighted by Gasteiger charge is 2.27. The first kappa shape index (κ1) is 11.8. The SMILES string of the molecule is CCC(C)c1c(F)c(F)c(O)c(F)c1F. The molecule has 0 fully saturated rings. The summed E-state index contributed by atoms with van der Waals surface area (Å²) in [7, 11) is 0. The predicted octanol–water partition coefficient (Wildman–Crippen LogP) is 3.46. The third kappa shape index (κ3) is 1.78. The van der Waals surface area contributed by atoms with Gasteiger partial charge in [0.05, 0.1) is 0 Å². The third-order valence-corrected chi connectivity index (χ3v) is 2.38. The standard InChI is InChI=1S/C10H10F4O/c1-3-4(2)5-6(11)8(13)10(15)9(14)7(5)12/h4,15H,3H2,1-2H3. The van der Waals surface area contributed by atoms with E-state index >= 15 is 0 Å². The van der Waals surface area contributed by atoms with E-state index in [0.29, 0.717) is 6.42 Å². The zero-order valence-electron chi connectivity index (χ0n) is 8.24. The number of hydrogen-bond donors (Lipinski definition) is 1. The molecule has 0 heterocycles. The summed E-state index contributed by atoms with van der Waals surface area (Å²) >= 11 is 0. The van der Waals surface area contributed by atoms with Crippen molar-refractivity contribution in [2.45, 2.75) is 26.2 Å². The Morgan fingerprint density at radius 2 is 1.40 bits per heavy atom. The second-order valence-corrected chi connectivity index (χ2v) is 3.33. The summed E-state index contributed by atoms with van der Waals surface area (Å²) in [6.07, 6.45) is 0.331. The van der Waals surface area contributed by atoms with Gasteiger partial charge in [0.25, 0.3) is 0 Å². The molecule has 1 aromatic rings. The van der Waals surface area contributed by atoms with Crippen LogP contribution in [0.3, 0.4) is 0 Å². The van der Waals surface area contributed by atoms with Crippen molar-refractivity contribution in [2.24, 2.45) is 0 Å². The first-order chi connectivity index (χ1) is 6.91. The lowest BCUT2D eigenvalue weighted by Crippen LogP contribution is -2.06. The molecule has 0 aliphatic rings. The Morgan fingerprint density at radius 1 is 1.00 bits per heavy atom. The zero-order chi connectivity index (χ0) is 11.7. The topological polar surface area (TPSA) is 20.2 Å². The number of phenolic OH excluding ortho intramolecular Hbond substituents is 1. The van der Waals surface area contributed by atoms with Gasteiger partial charge in [-0.05, 0) is 12.3 Å². The quantitative estimate of drug-likeness (QED) is 0.600. The van der Waals surface area contributed by atoms with E-state index in [1.165, 1.54) is 6.92 Å². The molecule has 0 saturated heterocycles. The molecule has 1 rings (SSSR count). The molecule has 0 aliphatic heterocycles. The fourth-order valence-corrected chi connectivity index (χ4v) is 1.27. The predicted molar refractivity (Wildman–Crippen MR) is 46.6 cm³/mol. The maximum atomic E-state index is 13.2. The number of benzene rings is 1. The number of halogens is 4. The van der Waals surface area contributed by atoms with Gasteiger partial charge in [-0.25, -0.2) is 8.78 Å². The molecule has 1 nitrogen and oxygen atoms in total. The van der Waals surface area contributed by atoms with Gasteiger partial charge in [0.2, 0.25) is 11.6 Å². The first-order valence-electron chi connectivity index (χ1n) is 4.46. The number of hydrogen-bond acceptors (Lipinski definition) is 1. The minimum absolute atomic E-state index is 0.331. The lowest BCUT2D eigenvalue weighted by Gasteiger charge is -2.13. The molecule has 84 valence electrons. The first-order valence-corrected chi connectivity index (χ1v) is 4.46. The van der Waals surface area contributed by atoms with E-state index in [2.05, 4.69) is 0 Å². The van der Waals surface area contributed by atoms with Gasteiger partial charge in [-0.3, -0.25) is 0 Å². The van der Waals surface area contributed by atoms with Crippen LogP contribution in [-0.2, 0) is 0 Å². The molecule has 0 bridgehead atoms. The minimum atomic E-state index is -1.75.